The molecular weight excluding hydrogens is 274 g/mol. The lowest BCUT2D eigenvalue weighted by molar-refractivity contribution is -0.115. The number of benzene rings is 2. The Hall–Kier alpha value is -2.55. The third-order valence-electron chi connectivity index (χ3n) is 3.98. The van der Waals surface area contributed by atoms with Crippen LogP contribution in [0.4, 0.5) is 0 Å². The summed E-state index contributed by atoms with van der Waals surface area (Å²) in [5, 5.41) is 0. The Balaban J connectivity index is 1.98. The number of ketones is 1. The summed E-state index contributed by atoms with van der Waals surface area (Å²) in [5.74, 6) is 0.779. The molecule has 0 radical (unpaired) electrons. The number of methoxy groups -OCH3 is 1. The molecule has 1 heterocycles. The first kappa shape index (κ1) is 14.4. The van der Waals surface area contributed by atoms with Gasteiger partial charge in [-0.25, -0.2) is 0 Å². The van der Waals surface area contributed by atoms with E-state index in [1.807, 2.05) is 67.8 Å². The van der Waals surface area contributed by atoms with E-state index in [1.165, 1.54) is 0 Å². The van der Waals surface area contributed by atoms with Crippen molar-refractivity contribution in [1.29, 1.82) is 0 Å². The third kappa shape index (κ3) is 2.75. The molecule has 1 unspecified atom stereocenters. The highest BCUT2D eigenvalue weighted by Crippen LogP contribution is 2.32. The maximum absolute atomic E-state index is 12.9. The Kier molecular flexibility index (Phi) is 3.96. The van der Waals surface area contributed by atoms with Crippen molar-refractivity contribution in [2.45, 2.75) is 5.92 Å². The predicted molar refractivity (Wildman–Crippen MR) is 87.8 cm³/mol. The van der Waals surface area contributed by atoms with Crippen LogP contribution < -0.4 is 4.74 Å². The number of carbonyl (C=O) groups is 1. The second kappa shape index (κ2) is 6.06. The minimum Gasteiger partial charge on any atom is -0.497 e. The first-order valence-electron chi connectivity index (χ1n) is 7.34. The molecule has 22 heavy (non-hydrogen) atoms. The maximum Gasteiger partial charge on any atom is 0.174 e. The fraction of sp³-hybridized carbons (Fsp3) is 0.211. The van der Waals surface area contributed by atoms with Crippen LogP contribution in [0.2, 0.25) is 0 Å². The molecule has 0 saturated heterocycles. The summed E-state index contributed by atoms with van der Waals surface area (Å²) >= 11 is 0. The molecule has 0 amide bonds. The topological polar surface area (TPSA) is 29.5 Å². The summed E-state index contributed by atoms with van der Waals surface area (Å²) in [6.45, 7) is 0.683. The van der Waals surface area contributed by atoms with Gasteiger partial charge in [-0.05, 0) is 23.3 Å². The SMILES string of the molecule is COc1cccc(C2CN(C)C=C(c3ccccc3)C2=O)c1. The quantitative estimate of drug-likeness (QED) is 0.869. The molecule has 2 aromatic rings. The van der Waals surface area contributed by atoms with Crippen molar-refractivity contribution < 1.29 is 9.53 Å². The summed E-state index contributed by atoms with van der Waals surface area (Å²) in [5.41, 5.74) is 2.73. The monoisotopic (exact) mass is 293 g/mol. The van der Waals surface area contributed by atoms with Gasteiger partial charge in [0.2, 0.25) is 0 Å². The molecule has 0 saturated carbocycles. The molecule has 1 atom stereocenters. The number of likely N-dealkylation sites (N-methyl/N-ethyl adjacent to an activating group) is 1. The van der Waals surface area contributed by atoms with Crippen molar-refractivity contribution in [1.82, 2.24) is 4.90 Å². The van der Waals surface area contributed by atoms with E-state index in [-0.39, 0.29) is 11.7 Å². The van der Waals surface area contributed by atoms with Gasteiger partial charge in [-0.1, -0.05) is 42.5 Å². The van der Waals surface area contributed by atoms with Crippen molar-refractivity contribution in [3.05, 3.63) is 71.9 Å². The zero-order valence-electron chi connectivity index (χ0n) is 12.8. The molecule has 3 nitrogen and oxygen atoms in total. The van der Waals surface area contributed by atoms with E-state index in [0.717, 1.165) is 22.4 Å². The Bertz CT molecular complexity index is 706. The molecule has 112 valence electrons. The van der Waals surface area contributed by atoms with E-state index in [2.05, 4.69) is 4.90 Å². The Morgan fingerprint density at radius 2 is 1.86 bits per heavy atom. The zero-order valence-corrected chi connectivity index (χ0v) is 12.8. The molecule has 0 spiro atoms. The standard InChI is InChI=1S/C19H19NO2/c1-20-12-17(14-7-4-3-5-8-14)19(21)18(13-20)15-9-6-10-16(11-15)22-2/h3-12,18H,13H2,1-2H3. The lowest BCUT2D eigenvalue weighted by Gasteiger charge is -2.29. The van der Waals surface area contributed by atoms with E-state index in [4.69, 9.17) is 4.74 Å². The lowest BCUT2D eigenvalue weighted by Crippen LogP contribution is -2.31. The Morgan fingerprint density at radius 3 is 2.59 bits per heavy atom. The van der Waals surface area contributed by atoms with Crippen LogP contribution in [0.3, 0.4) is 0 Å². The number of hydrogen-bond acceptors (Lipinski definition) is 3. The van der Waals surface area contributed by atoms with E-state index in [0.29, 0.717) is 6.54 Å². The van der Waals surface area contributed by atoms with Gasteiger partial charge in [-0.3, -0.25) is 4.79 Å². The van der Waals surface area contributed by atoms with Gasteiger partial charge in [-0.15, -0.1) is 0 Å². The van der Waals surface area contributed by atoms with Crippen molar-refractivity contribution in [2.24, 2.45) is 0 Å². The molecule has 1 aliphatic rings. The molecule has 0 N–H and O–H groups in total. The largest absolute Gasteiger partial charge is 0.497 e. The summed E-state index contributed by atoms with van der Waals surface area (Å²) in [6, 6.07) is 17.6. The van der Waals surface area contributed by atoms with E-state index >= 15 is 0 Å². The number of carbonyl (C=O) groups excluding carboxylic acids is 1. The Morgan fingerprint density at radius 1 is 1.09 bits per heavy atom. The van der Waals surface area contributed by atoms with E-state index in [1.54, 1.807) is 7.11 Å². The van der Waals surface area contributed by atoms with Crippen LogP contribution >= 0.6 is 0 Å². The first-order chi connectivity index (χ1) is 10.7. The minimum absolute atomic E-state index is 0.164. The normalized spacial score (nSPS) is 18.1. The number of ether oxygens (including phenoxy) is 1. The third-order valence-corrected chi connectivity index (χ3v) is 3.98. The second-order valence-electron chi connectivity index (χ2n) is 5.54. The Labute approximate surface area is 130 Å². The minimum atomic E-state index is -0.166. The summed E-state index contributed by atoms with van der Waals surface area (Å²) in [7, 11) is 3.64. The molecule has 0 aromatic heterocycles. The van der Waals surface area contributed by atoms with Gasteiger partial charge < -0.3 is 9.64 Å². The highest BCUT2D eigenvalue weighted by atomic mass is 16.5. The molecule has 0 fully saturated rings. The van der Waals surface area contributed by atoms with Crippen LogP contribution in [0.15, 0.2) is 60.8 Å². The average molecular weight is 293 g/mol. The van der Waals surface area contributed by atoms with Crippen LogP contribution in [-0.2, 0) is 4.79 Å². The zero-order chi connectivity index (χ0) is 15.5. The summed E-state index contributed by atoms with van der Waals surface area (Å²) < 4.78 is 5.28. The molecule has 1 aliphatic heterocycles. The van der Waals surface area contributed by atoms with Crippen LogP contribution in [-0.4, -0.2) is 31.4 Å². The van der Waals surface area contributed by atoms with Gasteiger partial charge in [0.05, 0.1) is 13.0 Å². The van der Waals surface area contributed by atoms with Crippen LogP contribution in [0.25, 0.3) is 5.57 Å². The molecular formula is C19H19NO2. The van der Waals surface area contributed by atoms with Crippen LogP contribution in [0, 0.1) is 0 Å². The van der Waals surface area contributed by atoms with Crippen LogP contribution in [0.5, 0.6) is 5.75 Å². The van der Waals surface area contributed by atoms with Gasteiger partial charge >= 0.3 is 0 Å². The van der Waals surface area contributed by atoms with Crippen molar-refractivity contribution >= 4 is 11.4 Å². The molecule has 3 rings (SSSR count). The highest BCUT2D eigenvalue weighted by Gasteiger charge is 2.29. The number of Topliss-reactive ketones (excluding diaryl/α,β-unsaturated/α-hetero) is 1. The van der Waals surface area contributed by atoms with Gasteiger partial charge in [0.1, 0.15) is 5.75 Å². The van der Waals surface area contributed by atoms with E-state index < -0.39 is 0 Å². The van der Waals surface area contributed by atoms with Gasteiger partial charge in [0, 0.05) is 25.4 Å². The summed E-state index contributed by atoms with van der Waals surface area (Å²) in [6.07, 6.45) is 1.94. The first-order valence-corrected chi connectivity index (χ1v) is 7.34. The number of allylic oxidation sites excluding steroid dienone is 1. The fourth-order valence-corrected chi connectivity index (χ4v) is 2.84. The highest BCUT2D eigenvalue weighted by molar-refractivity contribution is 6.24. The number of nitrogens with zero attached hydrogens (tertiary/aromatic N) is 1. The van der Waals surface area contributed by atoms with Crippen LogP contribution in [0.1, 0.15) is 17.0 Å². The predicted octanol–water partition coefficient (Wildman–Crippen LogP) is 3.33. The molecule has 0 aliphatic carbocycles. The second-order valence-corrected chi connectivity index (χ2v) is 5.54. The maximum atomic E-state index is 12.9. The van der Waals surface area contributed by atoms with Gasteiger partial charge in [-0.2, -0.15) is 0 Å². The fourth-order valence-electron chi connectivity index (χ4n) is 2.84. The smallest absolute Gasteiger partial charge is 0.174 e. The lowest BCUT2D eigenvalue weighted by atomic mass is 9.85. The van der Waals surface area contributed by atoms with Gasteiger partial charge in [0.25, 0.3) is 0 Å². The van der Waals surface area contributed by atoms with Crippen molar-refractivity contribution in [2.75, 3.05) is 20.7 Å². The van der Waals surface area contributed by atoms with E-state index in [9.17, 15) is 4.79 Å². The van der Waals surface area contributed by atoms with Crippen molar-refractivity contribution in [3.8, 4) is 5.75 Å². The molecule has 2 aromatic carbocycles. The van der Waals surface area contributed by atoms with Crippen molar-refractivity contribution in [3.63, 3.8) is 0 Å². The molecule has 0 bridgehead atoms. The number of hydrogen-bond donors (Lipinski definition) is 0. The average Bonchev–Trinajstić information content (AvgIpc) is 2.57. The molecule has 3 heteroatoms. The number of rotatable bonds is 3. The summed E-state index contributed by atoms with van der Waals surface area (Å²) in [4.78, 5) is 15.0. The van der Waals surface area contributed by atoms with Gasteiger partial charge in [0.15, 0.2) is 5.78 Å².